The van der Waals surface area contributed by atoms with E-state index in [0.29, 0.717) is 25.5 Å². The van der Waals surface area contributed by atoms with E-state index in [2.05, 4.69) is 43.4 Å². The van der Waals surface area contributed by atoms with Gasteiger partial charge in [0.1, 0.15) is 18.1 Å². The van der Waals surface area contributed by atoms with Crippen LogP contribution in [0.5, 0.6) is 11.5 Å². The molecule has 4 nitrogen and oxygen atoms in total. The van der Waals surface area contributed by atoms with Crippen molar-refractivity contribution in [3.8, 4) is 11.5 Å². The molecule has 0 aliphatic heterocycles. The van der Waals surface area contributed by atoms with Crippen molar-refractivity contribution in [1.29, 1.82) is 0 Å². The summed E-state index contributed by atoms with van der Waals surface area (Å²) < 4.78 is 10.7. The predicted molar refractivity (Wildman–Crippen MR) is 100 cm³/mol. The van der Waals surface area contributed by atoms with Crippen molar-refractivity contribution in [3.05, 3.63) is 59.7 Å². The molecular weight excluding hydrogens is 314 g/mol. The second-order valence-corrected chi connectivity index (χ2v) is 6.27. The van der Waals surface area contributed by atoms with Crippen molar-refractivity contribution in [2.75, 3.05) is 20.3 Å². The van der Waals surface area contributed by atoms with Gasteiger partial charge in [-0.25, -0.2) is 0 Å². The van der Waals surface area contributed by atoms with Crippen LogP contribution in [0.25, 0.3) is 0 Å². The number of carbonyl (C=O) groups is 1. The van der Waals surface area contributed by atoms with Crippen LogP contribution in [0.15, 0.2) is 48.5 Å². The van der Waals surface area contributed by atoms with Crippen molar-refractivity contribution < 1.29 is 14.3 Å². The monoisotopic (exact) mass is 341 g/mol. The number of hydrogen-bond acceptors (Lipinski definition) is 3. The quantitative estimate of drug-likeness (QED) is 0.703. The number of aryl methyl sites for hydroxylation is 1. The summed E-state index contributed by atoms with van der Waals surface area (Å²) in [5, 5.41) is 2.89. The van der Waals surface area contributed by atoms with Gasteiger partial charge in [0.15, 0.2) is 0 Å². The maximum atomic E-state index is 11.9. The fraction of sp³-hybridized carbons (Fsp3) is 0.381. The minimum absolute atomic E-state index is 0.0437. The Hall–Kier alpha value is -2.49. The van der Waals surface area contributed by atoms with Gasteiger partial charge in [-0.2, -0.15) is 0 Å². The van der Waals surface area contributed by atoms with Gasteiger partial charge in [0.05, 0.1) is 13.7 Å². The topological polar surface area (TPSA) is 47.6 Å². The lowest BCUT2D eigenvalue weighted by molar-refractivity contribution is -0.121. The van der Waals surface area contributed by atoms with Crippen LogP contribution >= 0.6 is 0 Å². The zero-order chi connectivity index (χ0) is 18.1. The van der Waals surface area contributed by atoms with Crippen molar-refractivity contribution in [2.24, 2.45) is 0 Å². The van der Waals surface area contributed by atoms with Crippen LogP contribution in [0.4, 0.5) is 0 Å². The van der Waals surface area contributed by atoms with E-state index in [-0.39, 0.29) is 5.91 Å². The molecule has 0 fully saturated rings. The third kappa shape index (κ3) is 6.49. The van der Waals surface area contributed by atoms with Gasteiger partial charge in [0.25, 0.3) is 0 Å². The van der Waals surface area contributed by atoms with Gasteiger partial charge in [-0.3, -0.25) is 4.79 Å². The highest BCUT2D eigenvalue weighted by atomic mass is 16.5. The van der Waals surface area contributed by atoms with Crippen molar-refractivity contribution >= 4 is 5.91 Å². The Kier molecular flexibility index (Phi) is 7.33. The van der Waals surface area contributed by atoms with E-state index >= 15 is 0 Å². The molecule has 0 aromatic heterocycles. The molecule has 0 bridgehead atoms. The second-order valence-electron chi connectivity index (χ2n) is 6.27. The Morgan fingerprint density at radius 3 is 2.48 bits per heavy atom. The average Bonchev–Trinajstić information content (AvgIpc) is 2.64. The predicted octanol–water partition coefficient (Wildman–Crippen LogP) is 3.95. The summed E-state index contributed by atoms with van der Waals surface area (Å²) in [4.78, 5) is 11.9. The van der Waals surface area contributed by atoms with E-state index in [1.54, 1.807) is 7.11 Å². The summed E-state index contributed by atoms with van der Waals surface area (Å²) in [6, 6.07) is 15.9. The van der Waals surface area contributed by atoms with E-state index in [1.807, 2.05) is 24.3 Å². The SMILES string of the molecule is COc1cccc(OCCNC(=O)CCc2ccc(C(C)C)cc2)c1. The zero-order valence-corrected chi connectivity index (χ0v) is 15.2. The van der Waals surface area contributed by atoms with Gasteiger partial charge in [-0.05, 0) is 35.6 Å². The molecule has 0 radical (unpaired) electrons. The standard InChI is InChI=1S/C21H27NO3/c1-16(2)18-10-7-17(8-11-18)9-12-21(23)22-13-14-25-20-6-4-5-19(15-20)24-3/h4-8,10-11,15-16H,9,12-14H2,1-3H3,(H,22,23). The lowest BCUT2D eigenvalue weighted by atomic mass is 10.0. The molecule has 25 heavy (non-hydrogen) atoms. The van der Waals surface area contributed by atoms with Crippen molar-refractivity contribution in [3.63, 3.8) is 0 Å². The lowest BCUT2D eigenvalue weighted by Gasteiger charge is -2.09. The summed E-state index contributed by atoms with van der Waals surface area (Å²) in [6.07, 6.45) is 1.24. The Balaban J connectivity index is 1.65. The van der Waals surface area contributed by atoms with Crippen LogP contribution in [0.1, 0.15) is 37.3 Å². The van der Waals surface area contributed by atoms with Crippen LogP contribution in [-0.4, -0.2) is 26.2 Å². The number of nitrogens with one attached hydrogen (secondary N) is 1. The summed E-state index contributed by atoms with van der Waals surface area (Å²) in [5.74, 6) is 2.06. The molecule has 0 atom stereocenters. The first-order valence-electron chi connectivity index (χ1n) is 8.71. The third-order valence-electron chi connectivity index (χ3n) is 4.02. The molecule has 1 amide bonds. The Morgan fingerprint density at radius 1 is 1.08 bits per heavy atom. The molecule has 2 rings (SSSR count). The Morgan fingerprint density at radius 2 is 1.80 bits per heavy atom. The summed E-state index contributed by atoms with van der Waals surface area (Å²) in [5.41, 5.74) is 2.51. The highest BCUT2D eigenvalue weighted by Crippen LogP contribution is 2.18. The molecule has 0 spiro atoms. The Labute approximate surface area is 150 Å². The zero-order valence-electron chi connectivity index (χ0n) is 15.2. The molecule has 0 saturated carbocycles. The third-order valence-corrected chi connectivity index (χ3v) is 4.02. The van der Waals surface area contributed by atoms with Crippen LogP contribution in [-0.2, 0) is 11.2 Å². The van der Waals surface area contributed by atoms with Crippen molar-refractivity contribution in [2.45, 2.75) is 32.6 Å². The van der Waals surface area contributed by atoms with Gasteiger partial charge in [0, 0.05) is 12.5 Å². The normalized spacial score (nSPS) is 10.6. The van der Waals surface area contributed by atoms with E-state index in [4.69, 9.17) is 9.47 Å². The van der Waals surface area contributed by atoms with Gasteiger partial charge in [0.2, 0.25) is 5.91 Å². The molecule has 0 aliphatic carbocycles. The molecule has 134 valence electrons. The molecule has 1 N–H and O–H groups in total. The van der Waals surface area contributed by atoms with E-state index < -0.39 is 0 Å². The highest BCUT2D eigenvalue weighted by Gasteiger charge is 2.04. The first-order chi connectivity index (χ1) is 12.1. The van der Waals surface area contributed by atoms with Gasteiger partial charge in [-0.15, -0.1) is 0 Å². The van der Waals surface area contributed by atoms with E-state index in [1.165, 1.54) is 11.1 Å². The molecule has 4 heteroatoms. The molecule has 0 heterocycles. The molecular formula is C21H27NO3. The maximum absolute atomic E-state index is 11.9. The number of rotatable bonds is 9. The first-order valence-corrected chi connectivity index (χ1v) is 8.71. The number of carbonyl (C=O) groups excluding carboxylic acids is 1. The van der Waals surface area contributed by atoms with Crippen molar-refractivity contribution in [1.82, 2.24) is 5.32 Å². The average molecular weight is 341 g/mol. The molecule has 2 aromatic carbocycles. The fourth-order valence-corrected chi connectivity index (χ4v) is 2.47. The highest BCUT2D eigenvalue weighted by molar-refractivity contribution is 5.76. The minimum atomic E-state index is 0.0437. The van der Waals surface area contributed by atoms with Crippen LogP contribution in [0, 0.1) is 0 Å². The van der Waals surface area contributed by atoms with E-state index in [0.717, 1.165) is 17.9 Å². The largest absolute Gasteiger partial charge is 0.497 e. The maximum Gasteiger partial charge on any atom is 0.220 e. The van der Waals surface area contributed by atoms with E-state index in [9.17, 15) is 4.79 Å². The molecule has 0 saturated heterocycles. The van der Waals surface area contributed by atoms with Gasteiger partial charge in [-0.1, -0.05) is 44.2 Å². The van der Waals surface area contributed by atoms with Crippen LogP contribution in [0.3, 0.4) is 0 Å². The van der Waals surface area contributed by atoms with Crippen LogP contribution < -0.4 is 14.8 Å². The lowest BCUT2D eigenvalue weighted by Crippen LogP contribution is -2.28. The van der Waals surface area contributed by atoms with Gasteiger partial charge >= 0.3 is 0 Å². The number of amides is 1. The second kappa shape index (κ2) is 9.72. The summed E-state index contributed by atoms with van der Waals surface area (Å²) >= 11 is 0. The molecule has 2 aromatic rings. The molecule has 0 aliphatic rings. The number of benzene rings is 2. The van der Waals surface area contributed by atoms with Crippen LogP contribution in [0.2, 0.25) is 0 Å². The number of methoxy groups -OCH3 is 1. The Bertz CT molecular complexity index is 665. The minimum Gasteiger partial charge on any atom is -0.497 e. The fourth-order valence-electron chi connectivity index (χ4n) is 2.47. The summed E-state index contributed by atoms with van der Waals surface area (Å²) in [6.45, 7) is 5.27. The first kappa shape index (κ1) is 18.8. The number of ether oxygens (including phenoxy) is 2. The van der Waals surface area contributed by atoms with Gasteiger partial charge < -0.3 is 14.8 Å². The number of hydrogen-bond donors (Lipinski definition) is 1. The summed E-state index contributed by atoms with van der Waals surface area (Å²) in [7, 11) is 1.62. The smallest absolute Gasteiger partial charge is 0.220 e. The molecule has 0 unspecified atom stereocenters.